The number of ether oxygens (including phenoxy) is 1. The number of hydroxylamine groups is 1. The van der Waals surface area contributed by atoms with Crippen molar-refractivity contribution in [3.05, 3.63) is 65.9 Å². The number of amides is 2. The summed E-state index contributed by atoms with van der Waals surface area (Å²) in [5, 5.41) is 12.2. The van der Waals surface area contributed by atoms with Crippen molar-refractivity contribution in [2.75, 3.05) is 18.6 Å². The van der Waals surface area contributed by atoms with E-state index in [2.05, 4.69) is 5.32 Å². The lowest BCUT2D eigenvalue weighted by Gasteiger charge is -2.18. The SMILES string of the molecule is CS(=O)(=O)CC[C@@H](COc1ccc(C(=O)NO)cc1)NC(=O)c1cc2ccccc2o1. The molecule has 9 nitrogen and oxygen atoms in total. The summed E-state index contributed by atoms with van der Waals surface area (Å²) in [6, 6.07) is 14.2. The summed E-state index contributed by atoms with van der Waals surface area (Å²) in [4.78, 5) is 24.0. The van der Waals surface area contributed by atoms with Gasteiger partial charge in [0.2, 0.25) is 0 Å². The Hall–Kier alpha value is -3.37. The highest BCUT2D eigenvalue weighted by Gasteiger charge is 2.20. The molecule has 0 aliphatic rings. The van der Waals surface area contributed by atoms with Crippen molar-refractivity contribution in [2.45, 2.75) is 12.5 Å². The Morgan fingerprint density at radius 1 is 1.10 bits per heavy atom. The van der Waals surface area contributed by atoms with Crippen LogP contribution in [0.1, 0.15) is 27.3 Å². The lowest BCUT2D eigenvalue weighted by molar-refractivity contribution is 0.0706. The van der Waals surface area contributed by atoms with E-state index >= 15 is 0 Å². The number of benzene rings is 2. The van der Waals surface area contributed by atoms with Crippen molar-refractivity contribution in [1.29, 1.82) is 0 Å². The monoisotopic (exact) mass is 446 g/mol. The molecule has 0 saturated heterocycles. The molecular weight excluding hydrogens is 424 g/mol. The van der Waals surface area contributed by atoms with Crippen LogP contribution in [-0.4, -0.2) is 50.1 Å². The van der Waals surface area contributed by atoms with Crippen LogP contribution in [0.15, 0.2) is 59.0 Å². The molecule has 0 aliphatic heterocycles. The number of nitrogens with one attached hydrogen (secondary N) is 2. The minimum atomic E-state index is -3.24. The number of hydrogen-bond acceptors (Lipinski definition) is 7. The van der Waals surface area contributed by atoms with Crippen molar-refractivity contribution in [3.63, 3.8) is 0 Å². The topological polar surface area (TPSA) is 135 Å². The molecule has 2 amide bonds. The zero-order chi connectivity index (χ0) is 22.4. The van der Waals surface area contributed by atoms with Gasteiger partial charge in [0, 0.05) is 17.2 Å². The standard InChI is InChI=1S/C21H22N2O7S/c1-31(27,28)11-10-16(13-29-17-8-6-14(7-9-17)20(24)23-26)22-21(25)19-12-15-4-2-3-5-18(15)30-19/h2-9,12,16,26H,10-11,13H2,1H3,(H,22,25)(H,23,24)/t16-/m0/s1. The molecule has 0 bridgehead atoms. The van der Waals surface area contributed by atoms with Gasteiger partial charge in [-0.2, -0.15) is 0 Å². The van der Waals surface area contributed by atoms with Crippen LogP contribution >= 0.6 is 0 Å². The lowest BCUT2D eigenvalue weighted by atomic mass is 10.2. The van der Waals surface area contributed by atoms with Crippen LogP contribution in [0.3, 0.4) is 0 Å². The number of hydrogen-bond donors (Lipinski definition) is 3. The van der Waals surface area contributed by atoms with E-state index in [0.29, 0.717) is 11.3 Å². The molecule has 10 heteroatoms. The Labute approximate surface area is 178 Å². The molecular formula is C21H22N2O7S. The molecule has 0 spiro atoms. The molecule has 2 aromatic carbocycles. The highest BCUT2D eigenvalue weighted by Crippen LogP contribution is 2.19. The minimum absolute atomic E-state index is 0.00698. The van der Waals surface area contributed by atoms with Gasteiger partial charge in [-0.3, -0.25) is 14.8 Å². The number of para-hydroxylation sites is 1. The van der Waals surface area contributed by atoms with Crippen molar-refractivity contribution in [2.24, 2.45) is 0 Å². The first-order valence-corrected chi connectivity index (χ1v) is 11.5. The first kappa shape index (κ1) is 22.3. The van der Waals surface area contributed by atoms with Crippen LogP contribution in [0.5, 0.6) is 5.75 Å². The summed E-state index contributed by atoms with van der Waals surface area (Å²) in [6.07, 6.45) is 1.27. The fraction of sp³-hybridized carbons (Fsp3) is 0.238. The molecule has 31 heavy (non-hydrogen) atoms. The molecule has 0 saturated carbocycles. The van der Waals surface area contributed by atoms with Crippen LogP contribution in [0, 0.1) is 0 Å². The van der Waals surface area contributed by atoms with Crippen molar-refractivity contribution >= 4 is 32.6 Å². The molecule has 1 aromatic heterocycles. The second kappa shape index (κ2) is 9.63. The fourth-order valence-corrected chi connectivity index (χ4v) is 3.58. The van der Waals surface area contributed by atoms with Gasteiger partial charge in [-0.1, -0.05) is 18.2 Å². The molecule has 0 fully saturated rings. The second-order valence-corrected chi connectivity index (χ2v) is 9.27. The minimum Gasteiger partial charge on any atom is -0.491 e. The normalized spacial score (nSPS) is 12.3. The average Bonchev–Trinajstić information content (AvgIpc) is 3.19. The van der Waals surface area contributed by atoms with Gasteiger partial charge in [0.25, 0.3) is 11.8 Å². The summed E-state index contributed by atoms with van der Waals surface area (Å²) >= 11 is 0. The number of carbonyl (C=O) groups is 2. The summed E-state index contributed by atoms with van der Waals surface area (Å²) in [6.45, 7) is 0.00698. The van der Waals surface area contributed by atoms with Gasteiger partial charge in [-0.25, -0.2) is 13.9 Å². The largest absolute Gasteiger partial charge is 0.491 e. The highest BCUT2D eigenvalue weighted by molar-refractivity contribution is 7.90. The molecule has 3 aromatic rings. The predicted octanol–water partition coefficient (Wildman–Crippen LogP) is 2.16. The van der Waals surface area contributed by atoms with Crippen molar-refractivity contribution in [3.8, 4) is 5.75 Å². The Kier molecular flexibility index (Phi) is 6.93. The van der Waals surface area contributed by atoms with Crippen LogP contribution in [-0.2, 0) is 9.84 Å². The van der Waals surface area contributed by atoms with E-state index in [4.69, 9.17) is 14.4 Å². The maximum Gasteiger partial charge on any atom is 0.287 e. The number of carbonyl (C=O) groups excluding carboxylic acids is 2. The van der Waals surface area contributed by atoms with Crippen LogP contribution in [0.4, 0.5) is 0 Å². The van der Waals surface area contributed by atoms with Gasteiger partial charge >= 0.3 is 0 Å². The third-order valence-corrected chi connectivity index (χ3v) is 5.47. The van der Waals surface area contributed by atoms with Gasteiger partial charge in [-0.05, 0) is 42.8 Å². The van der Waals surface area contributed by atoms with Crippen LogP contribution in [0.25, 0.3) is 11.0 Å². The second-order valence-electron chi connectivity index (χ2n) is 7.01. The van der Waals surface area contributed by atoms with Gasteiger partial charge in [0.1, 0.15) is 27.8 Å². The van der Waals surface area contributed by atoms with E-state index in [1.165, 1.54) is 29.7 Å². The molecule has 0 unspecified atom stereocenters. The zero-order valence-corrected chi connectivity index (χ0v) is 17.5. The average molecular weight is 446 g/mol. The van der Waals surface area contributed by atoms with Crippen molar-refractivity contribution < 1.29 is 32.4 Å². The maximum absolute atomic E-state index is 12.6. The van der Waals surface area contributed by atoms with E-state index in [-0.39, 0.29) is 30.1 Å². The first-order chi connectivity index (χ1) is 14.7. The van der Waals surface area contributed by atoms with E-state index in [1.54, 1.807) is 18.2 Å². The smallest absolute Gasteiger partial charge is 0.287 e. The summed E-state index contributed by atoms with van der Waals surface area (Å²) in [5.74, 6) is -0.734. The molecule has 3 N–H and O–H groups in total. The quantitative estimate of drug-likeness (QED) is 0.339. The fourth-order valence-electron chi connectivity index (χ4n) is 2.87. The molecule has 3 rings (SSSR count). The number of furan rings is 1. The first-order valence-electron chi connectivity index (χ1n) is 9.39. The zero-order valence-electron chi connectivity index (χ0n) is 16.7. The van der Waals surface area contributed by atoms with E-state index in [0.717, 1.165) is 11.6 Å². The van der Waals surface area contributed by atoms with E-state index in [1.807, 2.05) is 12.1 Å². The Balaban J connectivity index is 1.68. The summed E-state index contributed by atoms with van der Waals surface area (Å²) in [7, 11) is -3.24. The third kappa shape index (κ3) is 6.30. The molecule has 1 atom stereocenters. The van der Waals surface area contributed by atoms with Gasteiger partial charge in [-0.15, -0.1) is 0 Å². The predicted molar refractivity (Wildman–Crippen MR) is 113 cm³/mol. The Bertz CT molecular complexity index is 1140. The molecule has 0 radical (unpaired) electrons. The molecule has 164 valence electrons. The lowest BCUT2D eigenvalue weighted by Crippen LogP contribution is -2.40. The van der Waals surface area contributed by atoms with Gasteiger partial charge < -0.3 is 14.5 Å². The number of sulfone groups is 1. The Morgan fingerprint density at radius 3 is 2.45 bits per heavy atom. The number of rotatable bonds is 9. The summed E-state index contributed by atoms with van der Waals surface area (Å²) in [5.41, 5.74) is 2.35. The third-order valence-electron chi connectivity index (χ3n) is 4.49. The van der Waals surface area contributed by atoms with E-state index in [9.17, 15) is 18.0 Å². The van der Waals surface area contributed by atoms with E-state index < -0.39 is 27.7 Å². The number of fused-ring (bicyclic) bond motifs is 1. The molecule has 1 heterocycles. The summed E-state index contributed by atoms with van der Waals surface area (Å²) < 4.78 is 34.4. The Morgan fingerprint density at radius 2 is 1.81 bits per heavy atom. The highest BCUT2D eigenvalue weighted by atomic mass is 32.2. The maximum atomic E-state index is 12.6. The van der Waals surface area contributed by atoms with Crippen LogP contribution < -0.4 is 15.5 Å². The van der Waals surface area contributed by atoms with Crippen molar-refractivity contribution in [1.82, 2.24) is 10.8 Å². The van der Waals surface area contributed by atoms with Gasteiger partial charge in [0.15, 0.2) is 5.76 Å². The van der Waals surface area contributed by atoms with Crippen LogP contribution in [0.2, 0.25) is 0 Å². The molecule has 0 aliphatic carbocycles. The van der Waals surface area contributed by atoms with Gasteiger partial charge in [0.05, 0.1) is 11.8 Å².